The van der Waals surface area contributed by atoms with E-state index in [1.807, 2.05) is 12.1 Å². The van der Waals surface area contributed by atoms with Gasteiger partial charge in [0.2, 0.25) is 0 Å². The second-order valence-corrected chi connectivity index (χ2v) is 15.7. The van der Waals surface area contributed by atoms with E-state index in [4.69, 9.17) is 9.15 Å². The molecule has 2 aliphatic heterocycles. The summed E-state index contributed by atoms with van der Waals surface area (Å²) in [6.07, 6.45) is 0. The van der Waals surface area contributed by atoms with Crippen molar-refractivity contribution in [2.24, 2.45) is 0 Å². The van der Waals surface area contributed by atoms with Gasteiger partial charge in [-0.3, -0.25) is 0 Å². The summed E-state index contributed by atoms with van der Waals surface area (Å²) in [5.74, 6) is 1.89. The van der Waals surface area contributed by atoms with Crippen LogP contribution < -0.4 is 30.4 Å². The molecule has 3 heterocycles. The minimum absolute atomic E-state index is 0.874. The Balaban J connectivity index is 1.30. The molecule has 4 heteroatoms. The van der Waals surface area contributed by atoms with E-state index in [0.29, 0.717) is 0 Å². The van der Waals surface area contributed by atoms with Crippen molar-refractivity contribution in [3.05, 3.63) is 164 Å². The molecule has 0 unspecified atom stereocenters. The minimum Gasteiger partial charge on any atom is -0.458 e. The summed E-state index contributed by atoms with van der Waals surface area (Å²) < 4.78 is 13.1. The zero-order valence-electron chi connectivity index (χ0n) is 24.9. The van der Waals surface area contributed by atoms with Crippen molar-refractivity contribution in [3.63, 3.8) is 0 Å². The molecule has 0 radical (unpaired) electrons. The Kier molecular flexibility index (Phi) is 5.30. The van der Waals surface area contributed by atoms with Gasteiger partial charge in [0.25, 0.3) is 0 Å². The van der Waals surface area contributed by atoms with Gasteiger partial charge in [0.1, 0.15) is 22.7 Å². The van der Waals surface area contributed by atoms with Crippen molar-refractivity contribution in [2.75, 3.05) is 4.90 Å². The van der Waals surface area contributed by atoms with Crippen molar-refractivity contribution in [1.29, 1.82) is 0 Å². The van der Waals surface area contributed by atoms with E-state index in [2.05, 4.69) is 157 Å². The molecular weight excluding hydrogens is 579 g/mol. The molecule has 46 heavy (non-hydrogen) atoms. The average molecular weight is 606 g/mol. The smallest absolute Gasteiger partial charge is 0.189 e. The number of hydrogen-bond donors (Lipinski definition) is 0. The zero-order valence-corrected chi connectivity index (χ0v) is 25.9. The van der Waals surface area contributed by atoms with E-state index in [1.54, 1.807) is 0 Å². The largest absolute Gasteiger partial charge is 0.458 e. The van der Waals surface area contributed by atoms with E-state index >= 15 is 0 Å². The molecular formula is C42H27NO2Si. The maximum Gasteiger partial charge on any atom is 0.189 e. The van der Waals surface area contributed by atoms with E-state index in [9.17, 15) is 0 Å². The van der Waals surface area contributed by atoms with E-state index in [1.165, 1.54) is 31.9 Å². The molecule has 3 nitrogen and oxygen atoms in total. The highest BCUT2D eigenvalue weighted by molar-refractivity contribution is 7.23. The SMILES string of the molecule is c1ccc(N(c2ccc3c(c2)[Si]2(c4ccccc4O3)c3ccccc3-c3ccccc32)c2cccc3oc4ccccc4c23)cc1. The second kappa shape index (κ2) is 9.58. The van der Waals surface area contributed by atoms with Gasteiger partial charge in [-0.15, -0.1) is 0 Å². The minimum atomic E-state index is -2.74. The number of para-hydroxylation sites is 3. The quantitative estimate of drug-likeness (QED) is 0.189. The van der Waals surface area contributed by atoms with Crippen LogP contribution in [0, 0.1) is 0 Å². The van der Waals surface area contributed by atoms with Crippen LogP contribution in [0.15, 0.2) is 168 Å². The number of furan rings is 1. The van der Waals surface area contributed by atoms with Crippen molar-refractivity contribution < 1.29 is 9.15 Å². The highest BCUT2D eigenvalue weighted by Crippen LogP contribution is 2.44. The van der Waals surface area contributed by atoms with Gasteiger partial charge in [-0.2, -0.15) is 0 Å². The topological polar surface area (TPSA) is 25.6 Å². The standard InChI is InChI=1S/C42H27NO2Si/c1-2-13-28(14-3-1)43(33-18-12-21-37-42(33)32-17-4-7-19-34(32)44-37)29-25-26-36-41(27-29)46(40-24-11-8-20-35(40)45-36)38-22-9-5-15-30(38)31-16-6-10-23-39(31)46/h1-27H. The molecule has 2 aliphatic rings. The molecule has 0 N–H and O–H groups in total. The number of ether oxygens (including phenoxy) is 1. The first-order chi connectivity index (χ1) is 22.8. The Morgan fingerprint density at radius 2 is 1.07 bits per heavy atom. The Labute approximate surface area is 267 Å². The van der Waals surface area contributed by atoms with E-state index < -0.39 is 8.07 Å². The van der Waals surface area contributed by atoms with Crippen LogP contribution in [-0.4, -0.2) is 8.07 Å². The second-order valence-electron chi connectivity index (χ2n) is 12.0. The Morgan fingerprint density at radius 3 is 1.87 bits per heavy atom. The van der Waals surface area contributed by atoms with Crippen LogP contribution in [0.1, 0.15) is 0 Å². The van der Waals surface area contributed by atoms with Crippen LogP contribution in [0.4, 0.5) is 17.1 Å². The molecule has 8 aromatic rings. The molecule has 10 rings (SSSR count). The Morgan fingerprint density at radius 1 is 0.435 bits per heavy atom. The molecule has 0 saturated heterocycles. The van der Waals surface area contributed by atoms with Crippen LogP contribution in [0.3, 0.4) is 0 Å². The molecule has 0 atom stereocenters. The molecule has 0 saturated carbocycles. The highest BCUT2D eigenvalue weighted by atomic mass is 28.3. The molecule has 0 aliphatic carbocycles. The molecule has 1 aromatic heterocycles. The number of rotatable bonds is 3. The fourth-order valence-electron chi connectivity index (χ4n) is 7.93. The van der Waals surface area contributed by atoms with Crippen molar-refractivity contribution in [2.45, 2.75) is 0 Å². The van der Waals surface area contributed by atoms with Crippen LogP contribution in [0.25, 0.3) is 33.1 Å². The maximum atomic E-state index is 6.76. The fourth-order valence-corrected chi connectivity index (χ4v) is 13.3. The third-order valence-electron chi connectivity index (χ3n) is 9.72. The van der Waals surface area contributed by atoms with Crippen LogP contribution >= 0.6 is 0 Å². The molecule has 0 amide bonds. The van der Waals surface area contributed by atoms with Gasteiger partial charge in [-0.05, 0) is 86.5 Å². The maximum absolute atomic E-state index is 6.76. The average Bonchev–Trinajstić information content (AvgIpc) is 3.64. The third-order valence-corrected chi connectivity index (χ3v) is 14.6. The highest BCUT2D eigenvalue weighted by Gasteiger charge is 2.53. The molecule has 0 fully saturated rings. The normalized spacial score (nSPS) is 13.6. The van der Waals surface area contributed by atoms with Crippen LogP contribution in [-0.2, 0) is 0 Å². The summed E-state index contributed by atoms with van der Waals surface area (Å²) in [7, 11) is -2.74. The van der Waals surface area contributed by atoms with Crippen molar-refractivity contribution in [3.8, 4) is 22.6 Å². The van der Waals surface area contributed by atoms with Gasteiger partial charge >= 0.3 is 0 Å². The van der Waals surface area contributed by atoms with Gasteiger partial charge in [0.15, 0.2) is 8.07 Å². The predicted molar refractivity (Wildman–Crippen MR) is 191 cm³/mol. The molecule has 216 valence electrons. The fraction of sp³-hybridized carbons (Fsp3) is 0. The van der Waals surface area contributed by atoms with Crippen LogP contribution in [0.2, 0.25) is 0 Å². The van der Waals surface area contributed by atoms with Crippen molar-refractivity contribution >= 4 is 67.8 Å². The Hall–Kier alpha value is -5.84. The van der Waals surface area contributed by atoms with Gasteiger partial charge in [-0.25, -0.2) is 0 Å². The number of hydrogen-bond acceptors (Lipinski definition) is 3. The number of nitrogens with zero attached hydrogens (tertiary/aromatic N) is 1. The monoisotopic (exact) mass is 605 g/mol. The lowest BCUT2D eigenvalue weighted by atomic mass is 10.1. The first-order valence-electron chi connectivity index (χ1n) is 15.7. The van der Waals surface area contributed by atoms with E-state index in [-0.39, 0.29) is 0 Å². The van der Waals surface area contributed by atoms with Crippen molar-refractivity contribution in [1.82, 2.24) is 0 Å². The molecule has 1 spiro atoms. The summed E-state index contributed by atoms with van der Waals surface area (Å²) in [5, 5.41) is 7.61. The lowest BCUT2D eigenvalue weighted by Crippen LogP contribution is -2.74. The molecule has 0 bridgehead atoms. The van der Waals surface area contributed by atoms with Gasteiger partial charge < -0.3 is 14.1 Å². The van der Waals surface area contributed by atoms with Gasteiger partial charge in [0.05, 0.1) is 11.1 Å². The number of benzene rings is 7. The number of anilines is 3. The van der Waals surface area contributed by atoms with Gasteiger partial charge in [-0.1, -0.05) is 109 Å². The van der Waals surface area contributed by atoms with Crippen LogP contribution in [0.5, 0.6) is 11.5 Å². The first-order valence-corrected chi connectivity index (χ1v) is 17.7. The summed E-state index contributed by atoms with van der Waals surface area (Å²) in [6.45, 7) is 0. The molecule has 7 aromatic carbocycles. The lowest BCUT2D eigenvalue weighted by molar-refractivity contribution is 0.487. The summed E-state index contributed by atoms with van der Waals surface area (Å²) in [6, 6.07) is 58.8. The zero-order chi connectivity index (χ0) is 30.2. The first kappa shape index (κ1) is 25.5. The van der Waals surface area contributed by atoms with E-state index in [0.717, 1.165) is 50.5 Å². The summed E-state index contributed by atoms with van der Waals surface area (Å²) in [4.78, 5) is 2.37. The predicted octanol–water partition coefficient (Wildman–Crippen LogP) is 8.52. The summed E-state index contributed by atoms with van der Waals surface area (Å²) >= 11 is 0. The Bertz CT molecular complexity index is 2440. The third kappa shape index (κ3) is 3.36. The van der Waals surface area contributed by atoms with Gasteiger partial charge in [0, 0.05) is 16.8 Å². The number of fused-ring (bicyclic) bond motifs is 12. The lowest BCUT2D eigenvalue weighted by Gasteiger charge is -2.38. The summed E-state index contributed by atoms with van der Waals surface area (Å²) in [5.41, 5.74) is 7.66.